The smallest absolute Gasteiger partial charge is 0.178 e. The molecule has 0 radical (unpaired) electrons. The first-order valence-electron chi connectivity index (χ1n) is 17.2. The van der Waals surface area contributed by atoms with E-state index in [0.29, 0.717) is 0 Å². The maximum absolute atomic E-state index is 11.3. The van der Waals surface area contributed by atoms with Crippen molar-refractivity contribution in [3.8, 4) is 0 Å². The number of nitrogens with two attached hydrogens (primary N) is 5. The van der Waals surface area contributed by atoms with Gasteiger partial charge in [0, 0.05) is 50.5 Å². The summed E-state index contributed by atoms with van der Waals surface area (Å²) in [6.45, 7) is 7.18. The topological polar surface area (TPSA) is 311 Å². The molecule has 0 amide bonds. The van der Waals surface area contributed by atoms with Gasteiger partial charge in [-0.15, -0.1) is 0 Å². The van der Waals surface area contributed by atoms with Gasteiger partial charge in [0.1, 0.15) is 54.9 Å². The molecule has 1 aliphatic carbocycles. The molecule has 18 nitrogen and oxygen atoms in total. The molecule has 3 aliphatic heterocycles. The third-order valence-electron chi connectivity index (χ3n) is 10.6. The van der Waals surface area contributed by atoms with Gasteiger partial charge in [-0.05, 0) is 18.9 Å². The number of rotatable bonds is 10. The molecule has 0 aromatic carbocycles. The molecule has 1 aromatic heterocycles. The molecule has 19 atom stereocenters. The van der Waals surface area contributed by atoms with E-state index in [0.717, 1.165) is 17.0 Å². The first-order chi connectivity index (χ1) is 23.6. The lowest BCUT2D eigenvalue weighted by atomic mass is 9.84. The van der Waals surface area contributed by atoms with Crippen LogP contribution in [0.5, 0.6) is 0 Å². The molecule has 16 N–H and O–H groups in total. The van der Waals surface area contributed by atoms with E-state index in [1.165, 1.54) is 0 Å². The molecule has 50 heavy (non-hydrogen) atoms. The summed E-state index contributed by atoms with van der Waals surface area (Å²) < 4.78 is 38.7. The molecule has 1 aromatic rings. The van der Waals surface area contributed by atoms with Crippen LogP contribution in [0.3, 0.4) is 0 Å². The molecule has 4 aliphatic rings. The van der Waals surface area contributed by atoms with Crippen molar-refractivity contribution in [2.45, 2.75) is 151 Å². The number of aryl methyl sites for hydroxylation is 3. The molecule has 19 unspecified atom stereocenters. The van der Waals surface area contributed by atoms with Gasteiger partial charge in [-0.3, -0.25) is 0 Å². The van der Waals surface area contributed by atoms with Crippen LogP contribution in [-0.2, 0) is 35.0 Å². The monoisotopic (exact) mass is 717 g/mol. The quantitative estimate of drug-likeness (QED) is 0.101. The Bertz CT molecular complexity index is 1260. The highest BCUT2D eigenvalue weighted by Crippen LogP contribution is 2.37. The second-order valence-electron chi connectivity index (χ2n) is 14.3. The van der Waals surface area contributed by atoms with Crippen molar-refractivity contribution < 1.29 is 63.6 Å². The minimum absolute atomic E-state index is 0.104. The van der Waals surface area contributed by atoms with Crippen LogP contribution in [-0.4, -0.2) is 154 Å². The molecule has 5 rings (SSSR count). The SMILES string of the molecule is Cc1cc(C)[n+](CC2OC(OC3C(N)CC(N)C(O)C3OC3OC(CO)C(OC4OC(CN)C(O)C(O)C4N)C3C)C(N)C(O)C2O)c(C)c1. The lowest BCUT2D eigenvalue weighted by Gasteiger charge is -2.47. The van der Waals surface area contributed by atoms with Crippen LogP contribution in [0.25, 0.3) is 0 Å². The summed E-state index contributed by atoms with van der Waals surface area (Å²) in [7, 11) is 0. The summed E-state index contributed by atoms with van der Waals surface area (Å²) in [5.41, 5.74) is 33.9. The number of aliphatic hydroxyl groups is 6. The van der Waals surface area contributed by atoms with Crippen LogP contribution in [0, 0.1) is 26.7 Å². The Kier molecular flexibility index (Phi) is 12.9. The number of pyridine rings is 1. The first kappa shape index (κ1) is 39.7. The van der Waals surface area contributed by atoms with Gasteiger partial charge in [-0.1, -0.05) is 6.92 Å². The van der Waals surface area contributed by atoms with Crippen molar-refractivity contribution in [3.63, 3.8) is 0 Å². The lowest BCUT2D eigenvalue weighted by Crippen LogP contribution is -2.68. The van der Waals surface area contributed by atoms with E-state index in [9.17, 15) is 30.6 Å². The molecule has 18 heteroatoms. The van der Waals surface area contributed by atoms with Crippen LogP contribution in [0.4, 0.5) is 0 Å². The number of aliphatic hydroxyl groups excluding tert-OH is 6. The number of ether oxygens (including phenoxy) is 6. The summed E-state index contributed by atoms with van der Waals surface area (Å²) >= 11 is 0. The predicted molar refractivity (Wildman–Crippen MR) is 173 cm³/mol. The van der Waals surface area contributed by atoms with Gasteiger partial charge in [0.05, 0.1) is 30.9 Å². The largest absolute Gasteiger partial charge is 0.394 e. The van der Waals surface area contributed by atoms with Gasteiger partial charge in [-0.25, -0.2) is 0 Å². The fourth-order valence-electron chi connectivity index (χ4n) is 7.55. The highest BCUT2D eigenvalue weighted by atomic mass is 16.7. The van der Waals surface area contributed by atoms with Crippen molar-refractivity contribution in [1.82, 2.24) is 0 Å². The highest BCUT2D eigenvalue weighted by Gasteiger charge is 2.54. The van der Waals surface area contributed by atoms with Crippen LogP contribution < -0.4 is 33.2 Å². The fourth-order valence-corrected chi connectivity index (χ4v) is 7.55. The normalized spacial score (nSPS) is 47.1. The number of hydrogen-bond acceptors (Lipinski definition) is 17. The van der Waals surface area contributed by atoms with E-state index >= 15 is 0 Å². The average molecular weight is 718 g/mol. The predicted octanol–water partition coefficient (Wildman–Crippen LogP) is -5.67. The van der Waals surface area contributed by atoms with Crippen LogP contribution >= 0.6 is 0 Å². The fraction of sp³-hybridized carbons (Fsp3) is 0.844. The third kappa shape index (κ3) is 7.87. The Morgan fingerprint density at radius 2 is 1.18 bits per heavy atom. The second kappa shape index (κ2) is 16.2. The molecule has 4 fully saturated rings. The maximum Gasteiger partial charge on any atom is 0.178 e. The van der Waals surface area contributed by atoms with Gasteiger partial charge < -0.3 is 87.7 Å². The minimum Gasteiger partial charge on any atom is -0.394 e. The van der Waals surface area contributed by atoms with Gasteiger partial charge in [0.25, 0.3) is 0 Å². The Morgan fingerprint density at radius 3 is 1.74 bits per heavy atom. The molecule has 3 saturated heterocycles. The van der Waals surface area contributed by atoms with E-state index in [1.807, 2.05) is 37.5 Å². The van der Waals surface area contributed by atoms with Crippen molar-refractivity contribution in [2.24, 2.45) is 34.6 Å². The molecular formula is C32H57N6O12+. The van der Waals surface area contributed by atoms with Crippen LogP contribution in [0.15, 0.2) is 12.1 Å². The molecule has 0 bridgehead atoms. The maximum atomic E-state index is 11.3. The van der Waals surface area contributed by atoms with Crippen molar-refractivity contribution in [2.75, 3.05) is 13.2 Å². The minimum atomic E-state index is -1.41. The number of nitrogens with zero attached hydrogens (tertiary/aromatic N) is 1. The van der Waals surface area contributed by atoms with Crippen LogP contribution in [0.2, 0.25) is 0 Å². The van der Waals surface area contributed by atoms with Gasteiger partial charge in [-0.2, -0.15) is 4.57 Å². The van der Waals surface area contributed by atoms with Gasteiger partial charge in [0.15, 0.2) is 36.8 Å². The summed E-state index contributed by atoms with van der Waals surface area (Å²) in [5, 5.41) is 64.1. The standard InChI is InChI=1S/C32H57N6O12/c1-11-5-12(2)38(13(3)6-11)9-18-24(42)26(44)21(37)32(46-18)49-28-16(35)7-15(34)22(40)29(28)50-30-14(4)27(19(10-39)47-30)48-31-20(36)25(43)23(41)17(8-33)45-31/h5-6,14-32,39-44H,7-10,33-37H2,1-4H3/q+1. The number of aromatic nitrogens is 1. The van der Waals surface area contributed by atoms with E-state index < -0.39 is 123 Å². The van der Waals surface area contributed by atoms with Crippen molar-refractivity contribution >= 4 is 0 Å². The zero-order chi connectivity index (χ0) is 36.8. The first-order valence-corrected chi connectivity index (χ1v) is 17.2. The Balaban J connectivity index is 1.32. The summed E-state index contributed by atoms with van der Waals surface area (Å²) in [6.07, 6.45) is -16.1. The zero-order valence-corrected chi connectivity index (χ0v) is 28.9. The van der Waals surface area contributed by atoms with E-state index in [1.54, 1.807) is 6.92 Å². The van der Waals surface area contributed by atoms with E-state index in [2.05, 4.69) is 0 Å². The Labute approximate surface area is 291 Å². The number of hydrogen-bond donors (Lipinski definition) is 11. The van der Waals surface area contributed by atoms with E-state index in [4.69, 9.17) is 57.1 Å². The van der Waals surface area contributed by atoms with Gasteiger partial charge in [0.2, 0.25) is 0 Å². The second-order valence-corrected chi connectivity index (χ2v) is 14.3. The Hall–Kier alpha value is -1.53. The Morgan fingerprint density at radius 1 is 0.680 bits per heavy atom. The average Bonchev–Trinajstić information content (AvgIpc) is 3.36. The summed E-state index contributed by atoms with van der Waals surface area (Å²) in [5.74, 6) is -0.613. The van der Waals surface area contributed by atoms with Crippen LogP contribution in [0.1, 0.15) is 30.3 Å². The zero-order valence-electron chi connectivity index (χ0n) is 28.9. The summed E-state index contributed by atoms with van der Waals surface area (Å²) in [6, 6.07) is 0.0950. The molecule has 4 heterocycles. The van der Waals surface area contributed by atoms with Gasteiger partial charge >= 0.3 is 0 Å². The highest BCUT2D eigenvalue weighted by molar-refractivity contribution is 5.13. The van der Waals surface area contributed by atoms with Crippen molar-refractivity contribution in [3.05, 3.63) is 29.1 Å². The lowest BCUT2D eigenvalue weighted by molar-refractivity contribution is -0.718. The summed E-state index contributed by atoms with van der Waals surface area (Å²) in [4.78, 5) is 0. The third-order valence-corrected chi connectivity index (χ3v) is 10.6. The molecule has 0 spiro atoms. The molecule has 286 valence electrons. The van der Waals surface area contributed by atoms with E-state index in [-0.39, 0.29) is 19.5 Å². The van der Waals surface area contributed by atoms with Crippen molar-refractivity contribution in [1.29, 1.82) is 0 Å². The molecular weight excluding hydrogens is 660 g/mol. The molecule has 1 saturated carbocycles.